The number of nitrogens with one attached hydrogen (secondary N) is 1. The Morgan fingerprint density at radius 3 is 2.67 bits per heavy atom. The van der Waals surface area contributed by atoms with Gasteiger partial charge in [-0.3, -0.25) is 4.79 Å². The highest BCUT2D eigenvalue weighted by atomic mass is 79.9. The Morgan fingerprint density at radius 2 is 1.96 bits per heavy atom. The van der Waals surface area contributed by atoms with Crippen molar-refractivity contribution in [3.05, 3.63) is 58.1 Å². The van der Waals surface area contributed by atoms with E-state index in [9.17, 15) is 4.79 Å². The van der Waals surface area contributed by atoms with Crippen molar-refractivity contribution in [2.45, 2.75) is 13.8 Å². The quantitative estimate of drug-likeness (QED) is 0.579. The van der Waals surface area contributed by atoms with E-state index in [0.717, 1.165) is 15.6 Å². The van der Waals surface area contributed by atoms with Crippen LogP contribution in [0.25, 0.3) is 0 Å². The van der Waals surface area contributed by atoms with E-state index >= 15 is 0 Å². The number of rotatable bonds is 7. The normalized spacial score (nSPS) is 10.6. The Kier molecular flexibility index (Phi) is 6.81. The molecule has 5 nitrogen and oxygen atoms in total. The summed E-state index contributed by atoms with van der Waals surface area (Å²) in [6.45, 7) is 4.35. The average molecular weight is 391 g/mol. The highest BCUT2D eigenvalue weighted by Crippen LogP contribution is 2.21. The first kappa shape index (κ1) is 18.0. The van der Waals surface area contributed by atoms with Gasteiger partial charge in [0.2, 0.25) is 0 Å². The van der Waals surface area contributed by atoms with Crippen LogP contribution in [0.15, 0.2) is 52.0 Å². The predicted molar refractivity (Wildman–Crippen MR) is 97.7 cm³/mol. The fraction of sp³-hybridized carbons (Fsp3) is 0.222. The molecule has 0 atom stereocenters. The summed E-state index contributed by atoms with van der Waals surface area (Å²) in [6, 6.07) is 13.1. The van der Waals surface area contributed by atoms with Gasteiger partial charge in [-0.2, -0.15) is 5.10 Å². The number of hydrazone groups is 1. The lowest BCUT2D eigenvalue weighted by molar-refractivity contribution is -0.123. The number of amides is 1. The second-order valence-electron chi connectivity index (χ2n) is 5.01. The van der Waals surface area contributed by atoms with Crippen LogP contribution >= 0.6 is 15.9 Å². The molecule has 1 amide bonds. The van der Waals surface area contributed by atoms with E-state index in [1.54, 1.807) is 6.21 Å². The molecule has 6 heteroatoms. The molecule has 0 radical (unpaired) electrons. The lowest BCUT2D eigenvalue weighted by Crippen LogP contribution is -2.24. The average Bonchev–Trinajstić information content (AvgIpc) is 2.57. The van der Waals surface area contributed by atoms with Crippen LogP contribution in [0, 0.1) is 6.92 Å². The van der Waals surface area contributed by atoms with Gasteiger partial charge in [-0.25, -0.2) is 5.43 Å². The number of hydrogen-bond acceptors (Lipinski definition) is 4. The highest BCUT2D eigenvalue weighted by molar-refractivity contribution is 9.10. The number of halogens is 1. The lowest BCUT2D eigenvalue weighted by atomic mass is 10.2. The van der Waals surface area contributed by atoms with Gasteiger partial charge in [0.05, 0.1) is 12.8 Å². The van der Waals surface area contributed by atoms with Crippen LogP contribution in [0.1, 0.15) is 18.1 Å². The molecule has 0 aromatic heterocycles. The van der Waals surface area contributed by atoms with Crippen LogP contribution in [0.4, 0.5) is 0 Å². The van der Waals surface area contributed by atoms with Crippen LogP contribution in [0.3, 0.4) is 0 Å². The highest BCUT2D eigenvalue weighted by Gasteiger charge is 2.04. The minimum atomic E-state index is -0.334. The fourth-order valence-electron chi connectivity index (χ4n) is 1.90. The van der Waals surface area contributed by atoms with Crippen molar-refractivity contribution in [2.75, 3.05) is 13.2 Å². The Labute approximate surface area is 149 Å². The standard InChI is InChI=1S/C18H19BrN2O3/c1-3-23-17-9-6-15(19)10-14(17)11-20-21-18(22)12-24-16-7-4-13(2)5-8-16/h4-11H,3,12H2,1-2H3,(H,21,22)/b20-11+. The predicted octanol–water partition coefficient (Wildman–Crippen LogP) is 3.69. The fourth-order valence-corrected chi connectivity index (χ4v) is 2.28. The van der Waals surface area contributed by atoms with E-state index in [-0.39, 0.29) is 12.5 Å². The lowest BCUT2D eigenvalue weighted by Gasteiger charge is -2.07. The number of carbonyl (C=O) groups is 1. The molecule has 2 rings (SSSR count). The molecule has 2 aromatic rings. The molecule has 0 bridgehead atoms. The van der Waals surface area contributed by atoms with Crippen LogP contribution in [-0.2, 0) is 4.79 Å². The maximum absolute atomic E-state index is 11.8. The first-order chi connectivity index (χ1) is 11.6. The zero-order valence-electron chi connectivity index (χ0n) is 13.6. The molecule has 0 saturated carbocycles. The monoisotopic (exact) mass is 390 g/mol. The summed E-state index contributed by atoms with van der Waals surface area (Å²) in [5.74, 6) is 1.01. The smallest absolute Gasteiger partial charge is 0.277 e. The maximum Gasteiger partial charge on any atom is 0.277 e. The van der Waals surface area contributed by atoms with Gasteiger partial charge in [-0.05, 0) is 44.2 Å². The number of aryl methyl sites for hydroxylation is 1. The Balaban J connectivity index is 1.88. The summed E-state index contributed by atoms with van der Waals surface area (Å²) >= 11 is 3.40. The molecule has 0 saturated heterocycles. The van der Waals surface area contributed by atoms with Gasteiger partial charge in [0.1, 0.15) is 11.5 Å². The number of carbonyl (C=O) groups excluding carboxylic acids is 1. The van der Waals surface area contributed by atoms with E-state index in [1.807, 2.05) is 56.3 Å². The van der Waals surface area contributed by atoms with Gasteiger partial charge in [0.15, 0.2) is 6.61 Å². The maximum atomic E-state index is 11.8. The summed E-state index contributed by atoms with van der Waals surface area (Å²) < 4.78 is 11.8. The molecule has 0 unspecified atom stereocenters. The van der Waals surface area contributed by atoms with Gasteiger partial charge in [-0.1, -0.05) is 33.6 Å². The zero-order valence-corrected chi connectivity index (χ0v) is 15.2. The van der Waals surface area contributed by atoms with Gasteiger partial charge < -0.3 is 9.47 Å². The molecular formula is C18H19BrN2O3. The molecule has 0 spiro atoms. The first-order valence-corrected chi connectivity index (χ1v) is 8.31. The van der Waals surface area contributed by atoms with E-state index in [4.69, 9.17) is 9.47 Å². The third-order valence-corrected chi connectivity index (χ3v) is 3.55. The number of benzene rings is 2. The Hall–Kier alpha value is -2.34. The second-order valence-corrected chi connectivity index (χ2v) is 5.93. The third-order valence-electron chi connectivity index (χ3n) is 3.06. The zero-order chi connectivity index (χ0) is 17.4. The van der Waals surface area contributed by atoms with Gasteiger partial charge >= 0.3 is 0 Å². The van der Waals surface area contributed by atoms with Crippen molar-refractivity contribution >= 4 is 28.1 Å². The molecule has 24 heavy (non-hydrogen) atoms. The van der Waals surface area contributed by atoms with Gasteiger partial charge in [-0.15, -0.1) is 0 Å². The van der Waals surface area contributed by atoms with Crippen LogP contribution in [-0.4, -0.2) is 25.3 Å². The molecule has 0 fully saturated rings. The SMILES string of the molecule is CCOc1ccc(Br)cc1/C=N/NC(=O)COc1ccc(C)cc1. The molecular weight excluding hydrogens is 372 g/mol. The molecule has 0 aliphatic heterocycles. The summed E-state index contributed by atoms with van der Waals surface area (Å²) in [5.41, 5.74) is 4.34. The van der Waals surface area contributed by atoms with E-state index in [2.05, 4.69) is 26.5 Å². The van der Waals surface area contributed by atoms with Crippen molar-refractivity contribution in [1.29, 1.82) is 0 Å². The van der Waals surface area contributed by atoms with E-state index < -0.39 is 0 Å². The van der Waals surface area contributed by atoms with E-state index in [0.29, 0.717) is 18.1 Å². The summed E-state index contributed by atoms with van der Waals surface area (Å²) in [7, 11) is 0. The Morgan fingerprint density at radius 1 is 1.21 bits per heavy atom. The van der Waals surface area contributed by atoms with Crippen LogP contribution in [0.5, 0.6) is 11.5 Å². The number of hydrogen-bond donors (Lipinski definition) is 1. The molecule has 0 aliphatic carbocycles. The van der Waals surface area contributed by atoms with Crippen molar-refractivity contribution in [1.82, 2.24) is 5.43 Å². The van der Waals surface area contributed by atoms with Gasteiger partial charge in [0.25, 0.3) is 5.91 Å². The number of ether oxygens (including phenoxy) is 2. The van der Waals surface area contributed by atoms with Gasteiger partial charge in [0, 0.05) is 10.0 Å². The minimum absolute atomic E-state index is 0.1000. The van der Waals surface area contributed by atoms with Crippen LogP contribution in [0.2, 0.25) is 0 Å². The molecule has 2 aromatic carbocycles. The summed E-state index contributed by atoms with van der Waals surface area (Å²) in [5, 5.41) is 3.95. The minimum Gasteiger partial charge on any atom is -0.493 e. The van der Waals surface area contributed by atoms with Crippen molar-refractivity contribution in [2.24, 2.45) is 5.10 Å². The number of nitrogens with zero attached hydrogens (tertiary/aromatic N) is 1. The molecule has 0 aliphatic rings. The molecule has 0 heterocycles. The van der Waals surface area contributed by atoms with Crippen molar-refractivity contribution in [3.63, 3.8) is 0 Å². The molecule has 1 N–H and O–H groups in total. The first-order valence-electron chi connectivity index (χ1n) is 7.52. The summed E-state index contributed by atoms with van der Waals surface area (Å²) in [6.07, 6.45) is 1.54. The second kappa shape index (κ2) is 9.08. The Bertz CT molecular complexity index is 715. The largest absolute Gasteiger partial charge is 0.493 e. The van der Waals surface area contributed by atoms with Crippen LogP contribution < -0.4 is 14.9 Å². The topological polar surface area (TPSA) is 59.9 Å². The third kappa shape index (κ3) is 5.70. The van der Waals surface area contributed by atoms with Crippen molar-refractivity contribution in [3.8, 4) is 11.5 Å². The van der Waals surface area contributed by atoms with E-state index in [1.165, 1.54) is 0 Å². The van der Waals surface area contributed by atoms with Crippen molar-refractivity contribution < 1.29 is 14.3 Å². The summed E-state index contributed by atoms with van der Waals surface area (Å²) in [4.78, 5) is 11.8. The molecule has 126 valence electrons.